The average molecular weight is 660 g/mol. The number of hydrogen-bond acceptors (Lipinski definition) is 7. The van der Waals surface area contributed by atoms with Gasteiger partial charge in [0, 0.05) is 29.1 Å². The van der Waals surface area contributed by atoms with Crippen LogP contribution in [0.25, 0.3) is 0 Å². The van der Waals surface area contributed by atoms with Gasteiger partial charge in [0.15, 0.2) is 0 Å². The molecule has 10 heteroatoms. The first kappa shape index (κ1) is 36.7. The first-order chi connectivity index (χ1) is 23.4. The molecule has 1 saturated carbocycles. The standard InChI is InChI=1S/C39H46BN5O4/c1-7-27(5)43-34-14-13-29(38(46)47)21-35(34)42-23-31(45(25-41)26(3)4)22-39(6)18-16-32(17-19-39)49-37-11-9-10-30(44-37)24-48-36-15-12-28(8-2)20-33(36)40/h2,9-15,20-22,25-26,32,41-43H,5,7,16-19,23-24H2,1,3-4,6H3,(H,46,47)/b31-22-,41-25?. The molecule has 9 nitrogen and oxygen atoms in total. The van der Waals surface area contributed by atoms with Crippen LogP contribution in [0.5, 0.6) is 11.6 Å². The van der Waals surface area contributed by atoms with Crippen LogP contribution in [0.2, 0.25) is 0 Å². The average Bonchev–Trinajstić information content (AvgIpc) is 3.08. The third-order valence-electron chi connectivity index (χ3n) is 8.70. The van der Waals surface area contributed by atoms with Gasteiger partial charge in [-0.25, -0.2) is 9.78 Å². The second-order valence-corrected chi connectivity index (χ2v) is 12.9. The Bertz CT molecular complexity index is 1720. The molecule has 0 atom stereocenters. The molecule has 1 aromatic heterocycles. The van der Waals surface area contributed by atoms with Gasteiger partial charge in [0.2, 0.25) is 5.88 Å². The summed E-state index contributed by atoms with van der Waals surface area (Å²) >= 11 is 0. The fourth-order valence-electron chi connectivity index (χ4n) is 5.79. The number of nitrogens with zero attached hydrogens (tertiary/aromatic N) is 2. The molecule has 2 radical (unpaired) electrons. The van der Waals surface area contributed by atoms with Crippen LogP contribution in [-0.4, -0.2) is 53.8 Å². The van der Waals surface area contributed by atoms with E-state index in [1.165, 1.54) is 6.34 Å². The van der Waals surface area contributed by atoms with Crippen LogP contribution < -0.4 is 25.6 Å². The van der Waals surface area contributed by atoms with Crippen molar-refractivity contribution in [2.75, 3.05) is 17.2 Å². The van der Waals surface area contributed by atoms with E-state index in [9.17, 15) is 9.90 Å². The van der Waals surface area contributed by atoms with E-state index in [-0.39, 0.29) is 29.7 Å². The number of carboxylic acids is 1. The van der Waals surface area contributed by atoms with Gasteiger partial charge in [0.25, 0.3) is 0 Å². The number of carboxylic acid groups (broad SMARTS) is 1. The Balaban J connectivity index is 1.43. The monoisotopic (exact) mass is 659 g/mol. The summed E-state index contributed by atoms with van der Waals surface area (Å²) in [5, 5.41) is 24.6. The maximum absolute atomic E-state index is 11.8. The topological polar surface area (TPSA) is 120 Å². The molecular formula is C39H46BN5O4. The first-order valence-electron chi connectivity index (χ1n) is 16.6. The molecule has 254 valence electrons. The highest BCUT2D eigenvalue weighted by atomic mass is 16.5. The van der Waals surface area contributed by atoms with Gasteiger partial charge in [0.05, 0.1) is 35.5 Å². The van der Waals surface area contributed by atoms with Gasteiger partial charge in [-0.1, -0.05) is 44.0 Å². The highest BCUT2D eigenvalue weighted by Gasteiger charge is 2.32. The lowest BCUT2D eigenvalue weighted by Gasteiger charge is -2.37. The minimum absolute atomic E-state index is 0.0154. The van der Waals surface area contributed by atoms with E-state index in [1.54, 1.807) is 36.4 Å². The minimum atomic E-state index is -0.998. The summed E-state index contributed by atoms with van der Waals surface area (Å²) < 4.78 is 12.2. The molecule has 0 amide bonds. The summed E-state index contributed by atoms with van der Waals surface area (Å²) in [7, 11) is 6.08. The Morgan fingerprint density at radius 2 is 1.98 bits per heavy atom. The van der Waals surface area contributed by atoms with E-state index in [2.05, 4.69) is 41.1 Å². The van der Waals surface area contributed by atoms with Crippen LogP contribution in [-0.2, 0) is 6.61 Å². The number of aromatic carboxylic acids is 1. The molecule has 1 heterocycles. The minimum Gasteiger partial charge on any atom is -0.488 e. The Kier molecular flexibility index (Phi) is 12.6. The zero-order valence-electron chi connectivity index (χ0n) is 28.9. The zero-order valence-corrected chi connectivity index (χ0v) is 28.9. The van der Waals surface area contributed by atoms with Crippen LogP contribution in [0.15, 0.2) is 78.6 Å². The van der Waals surface area contributed by atoms with Crippen LogP contribution >= 0.6 is 0 Å². The van der Waals surface area contributed by atoms with E-state index in [0.717, 1.165) is 54.9 Å². The second kappa shape index (κ2) is 16.8. The van der Waals surface area contributed by atoms with Crippen molar-refractivity contribution in [1.82, 2.24) is 9.88 Å². The largest absolute Gasteiger partial charge is 0.488 e. The number of allylic oxidation sites excluding steroid dienone is 2. The Hall–Kier alpha value is -5.17. The highest BCUT2D eigenvalue weighted by Crippen LogP contribution is 2.40. The maximum atomic E-state index is 11.8. The summed E-state index contributed by atoms with van der Waals surface area (Å²) in [6.07, 6.45) is 13.3. The van der Waals surface area contributed by atoms with Crippen molar-refractivity contribution in [3.63, 3.8) is 0 Å². The molecule has 0 spiro atoms. The van der Waals surface area contributed by atoms with Gasteiger partial charge in [-0.3, -0.25) is 5.41 Å². The summed E-state index contributed by atoms with van der Waals surface area (Å²) in [5.41, 5.74) is 5.12. The lowest BCUT2D eigenvalue weighted by molar-refractivity contribution is 0.0697. The number of aromatic nitrogens is 1. The molecule has 0 saturated heterocycles. The number of ether oxygens (including phenoxy) is 2. The molecule has 1 fully saturated rings. The van der Waals surface area contributed by atoms with E-state index < -0.39 is 5.97 Å². The van der Waals surface area contributed by atoms with Crippen molar-refractivity contribution >= 4 is 37.0 Å². The quantitative estimate of drug-likeness (QED) is 0.0556. The van der Waals surface area contributed by atoms with Gasteiger partial charge in [-0.2, -0.15) is 0 Å². The third kappa shape index (κ3) is 10.2. The summed E-state index contributed by atoms with van der Waals surface area (Å²) in [4.78, 5) is 18.4. The maximum Gasteiger partial charge on any atom is 0.335 e. The smallest absolute Gasteiger partial charge is 0.335 e. The van der Waals surface area contributed by atoms with E-state index >= 15 is 0 Å². The zero-order chi connectivity index (χ0) is 35.6. The van der Waals surface area contributed by atoms with Gasteiger partial charge in [-0.15, -0.1) is 6.42 Å². The number of anilines is 2. The predicted molar refractivity (Wildman–Crippen MR) is 198 cm³/mol. The molecular weight excluding hydrogens is 613 g/mol. The van der Waals surface area contributed by atoms with Crippen molar-refractivity contribution in [3.05, 3.63) is 95.5 Å². The fourth-order valence-corrected chi connectivity index (χ4v) is 5.79. The third-order valence-corrected chi connectivity index (χ3v) is 8.70. The van der Waals surface area contributed by atoms with Crippen LogP contribution in [0.1, 0.15) is 81.4 Å². The van der Waals surface area contributed by atoms with Crippen LogP contribution in [0.4, 0.5) is 11.4 Å². The highest BCUT2D eigenvalue weighted by molar-refractivity contribution is 6.34. The number of nitrogens with one attached hydrogen (secondary N) is 3. The number of pyridine rings is 1. The summed E-state index contributed by atoms with van der Waals surface area (Å²) in [6.45, 7) is 13.0. The van der Waals surface area contributed by atoms with E-state index in [1.807, 2.05) is 43.9 Å². The van der Waals surface area contributed by atoms with Crippen molar-refractivity contribution in [3.8, 4) is 24.0 Å². The molecule has 49 heavy (non-hydrogen) atoms. The Labute approximate surface area is 291 Å². The van der Waals surface area contributed by atoms with Crippen LogP contribution in [0, 0.1) is 23.2 Å². The molecule has 2 aromatic carbocycles. The molecule has 3 aromatic rings. The van der Waals surface area contributed by atoms with Gasteiger partial charge in [0.1, 0.15) is 26.3 Å². The van der Waals surface area contributed by atoms with E-state index in [4.69, 9.17) is 29.2 Å². The van der Waals surface area contributed by atoms with Gasteiger partial charge in [-0.05, 0) is 93.8 Å². The number of hydrogen-bond donors (Lipinski definition) is 4. The summed E-state index contributed by atoms with van der Waals surface area (Å²) in [5.74, 6) is 2.67. The summed E-state index contributed by atoms with van der Waals surface area (Å²) in [6, 6.07) is 15.9. The van der Waals surface area contributed by atoms with Crippen molar-refractivity contribution in [1.29, 1.82) is 5.41 Å². The molecule has 4 N–H and O–H groups in total. The van der Waals surface area contributed by atoms with Gasteiger partial charge >= 0.3 is 5.97 Å². The number of benzene rings is 2. The molecule has 1 aliphatic carbocycles. The number of rotatable bonds is 16. The van der Waals surface area contributed by atoms with Crippen molar-refractivity contribution in [2.24, 2.45) is 5.41 Å². The molecule has 4 rings (SSSR count). The Morgan fingerprint density at radius 3 is 2.61 bits per heavy atom. The molecule has 1 aliphatic rings. The Morgan fingerprint density at radius 1 is 1.22 bits per heavy atom. The lowest BCUT2D eigenvalue weighted by atomic mass is 9.74. The second-order valence-electron chi connectivity index (χ2n) is 12.9. The van der Waals surface area contributed by atoms with Crippen LogP contribution in [0.3, 0.4) is 0 Å². The predicted octanol–water partition coefficient (Wildman–Crippen LogP) is 7.11. The van der Waals surface area contributed by atoms with Crippen molar-refractivity contribution in [2.45, 2.75) is 78.6 Å². The SMILES string of the molecule is [B]c1cc(C#C)ccc1OCc1cccc(OC2CCC(C)(/C=C(/CNc3cc(C(=O)O)ccc3NC(=C)CC)N(C=N)C(C)C)CC2)n1. The first-order valence-corrected chi connectivity index (χ1v) is 16.6. The molecule has 0 unspecified atom stereocenters. The molecule has 0 bridgehead atoms. The number of terminal acetylenes is 1. The fraction of sp³-hybridized carbons (Fsp3) is 0.359. The normalized spacial score (nSPS) is 17.5. The molecule has 0 aliphatic heterocycles. The lowest BCUT2D eigenvalue weighted by Crippen LogP contribution is -2.35. The van der Waals surface area contributed by atoms with Gasteiger partial charge < -0.3 is 30.1 Å². The number of carbonyl (C=O) groups is 1. The van der Waals surface area contributed by atoms with Crippen molar-refractivity contribution < 1.29 is 19.4 Å². The van der Waals surface area contributed by atoms with E-state index in [0.29, 0.717) is 34.9 Å².